The van der Waals surface area contributed by atoms with Crippen molar-refractivity contribution >= 4 is 0 Å². The topological polar surface area (TPSA) is 57.3 Å². The van der Waals surface area contributed by atoms with Crippen molar-refractivity contribution in [2.24, 2.45) is 0 Å². The molecule has 2 aliphatic heterocycles. The second-order valence-corrected chi connectivity index (χ2v) is 4.03. The van der Waals surface area contributed by atoms with Crippen LogP contribution in [0, 0.1) is 0 Å². The first kappa shape index (κ1) is 11.3. The van der Waals surface area contributed by atoms with Crippen LogP contribution in [0.3, 0.4) is 0 Å². The molecule has 5 nitrogen and oxygen atoms in total. The summed E-state index contributed by atoms with van der Waals surface area (Å²) in [5.74, 6) is 0. The van der Waals surface area contributed by atoms with E-state index in [1.54, 1.807) is 0 Å². The Kier molecular flexibility index (Phi) is 4.34. The number of hydrogen-bond donors (Lipinski definition) is 2. The Balaban J connectivity index is 1.65. The maximum absolute atomic E-state index is 8.62. The molecular formula is C10H20N2O3. The fourth-order valence-electron chi connectivity index (χ4n) is 1.93. The first-order chi connectivity index (χ1) is 7.42. The minimum absolute atomic E-state index is 0.194. The minimum atomic E-state index is 0.194. The Hall–Kier alpha value is -0.200. The molecule has 2 heterocycles. The maximum atomic E-state index is 8.62. The highest BCUT2D eigenvalue weighted by atomic mass is 16.6. The number of hydrogen-bond acceptors (Lipinski definition) is 5. The molecule has 0 aromatic carbocycles. The maximum Gasteiger partial charge on any atom is 0.139 e. The van der Waals surface area contributed by atoms with Gasteiger partial charge in [-0.3, -0.25) is 4.90 Å². The number of nitrogens with zero attached hydrogens (tertiary/aromatic N) is 1. The highest BCUT2D eigenvalue weighted by molar-refractivity contribution is 4.85. The molecule has 0 spiro atoms. The lowest BCUT2D eigenvalue weighted by Crippen LogP contribution is -2.38. The summed E-state index contributed by atoms with van der Waals surface area (Å²) in [5.41, 5.74) is 0. The third-order valence-electron chi connectivity index (χ3n) is 2.81. The largest absolute Gasteiger partial charge is 0.395 e. The molecule has 2 fully saturated rings. The van der Waals surface area contributed by atoms with Gasteiger partial charge in [-0.1, -0.05) is 0 Å². The fraction of sp³-hybridized carbons (Fsp3) is 1.00. The van der Waals surface area contributed by atoms with Gasteiger partial charge in [0.25, 0.3) is 0 Å². The summed E-state index contributed by atoms with van der Waals surface area (Å²) in [7, 11) is 0. The second kappa shape index (κ2) is 5.77. The number of ether oxygens (including phenoxy) is 2. The quantitative estimate of drug-likeness (QED) is 0.473. The molecule has 0 amide bonds. The Labute approximate surface area is 90.3 Å². The lowest BCUT2D eigenvalue weighted by molar-refractivity contribution is 0.00146. The van der Waals surface area contributed by atoms with Gasteiger partial charge in [0.1, 0.15) is 13.0 Å². The zero-order chi connectivity index (χ0) is 10.5. The van der Waals surface area contributed by atoms with Crippen molar-refractivity contribution in [1.82, 2.24) is 10.2 Å². The Morgan fingerprint density at radius 2 is 2.33 bits per heavy atom. The van der Waals surface area contributed by atoms with Gasteiger partial charge in [0.05, 0.1) is 12.7 Å². The fourth-order valence-corrected chi connectivity index (χ4v) is 1.93. The third-order valence-corrected chi connectivity index (χ3v) is 2.81. The molecule has 0 aromatic rings. The van der Waals surface area contributed by atoms with Gasteiger partial charge >= 0.3 is 0 Å². The standard InChI is InChI=1S/C10H20N2O3/c13-6-4-11-3-5-12-8-14-7-1-2-9-10(12)15-9/h9-11,13H,1-8H2. The minimum Gasteiger partial charge on any atom is -0.395 e. The highest BCUT2D eigenvalue weighted by Crippen LogP contribution is 2.30. The van der Waals surface area contributed by atoms with Gasteiger partial charge in [0.15, 0.2) is 0 Å². The summed E-state index contributed by atoms with van der Waals surface area (Å²) in [6.45, 7) is 4.15. The van der Waals surface area contributed by atoms with Crippen LogP contribution < -0.4 is 5.32 Å². The summed E-state index contributed by atoms with van der Waals surface area (Å²) in [6.07, 6.45) is 2.94. The number of rotatable bonds is 5. The molecule has 2 unspecified atom stereocenters. The average Bonchev–Trinajstić information content (AvgIpc) is 2.95. The lowest BCUT2D eigenvalue weighted by atomic mass is 10.2. The molecule has 0 bridgehead atoms. The van der Waals surface area contributed by atoms with Gasteiger partial charge in [-0.2, -0.15) is 0 Å². The lowest BCUT2D eigenvalue weighted by Gasteiger charge is -2.22. The van der Waals surface area contributed by atoms with Gasteiger partial charge in [-0.05, 0) is 12.8 Å². The summed E-state index contributed by atoms with van der Waals surface area (Å²) >= 11 is 0. The highest BCUT2D eigenvalue weighted by Gasteiger charge is 2.43. The van der Waals surface area contributed by atoms with Crippen molar-refractivity contribution in [2.75, 3.05) is 39.6 Å². The van der Waals surface area contributed by atoms with Crippen LogP contribution in [-0.2, 0) is 9.47 Å². The van der Waals surface area contributed by atoms with E-state index in [-0.39, 0.29) is 12.8 Å². The van der Waals surface area contributed by atoms with Crippen LogP contribution in [0.4, 0.5) is 0 Å². The summed E-state index contributed by atoms with van der Waals surface area (Å²) < 4.78 is 11.1. The molecule has 2 atom stereocenters. The van der Waals surface area contributed by atoms with Crippen molar-refractivity contribution in [3.05, 3.63) is 0 Å². The van der Waals surface area contributed by atoms with Crippen molar-refractivity contribution in [3.8, 4) is 0 Å². The molecule has 15 heavy (non-hydrogen) atoms. The molecule has 2 saturated heterocycles. The molecule has 0 aliphatic carbocycles. The average molecular weight is 216 g/mol. The predicted octanol–water partition coefficient (Wildman–Crippen LogP) is -0.637. The van der Waals surface area contributed by atoms with Gasteiger partial charge in [0, 0.05) is 26.2 Å². The molecule has 5 heteroatoms. The van der Waals surface area contributed by atoms with Gasteiger partial charge in [-0.15, -0.1) is 0 Å². The molecule has 0 radical (unpaired) electrons. The molecule has 0 saturated carbocycles. The van der Waals surface area contributed by atoms with E-state index in [2.05, 4.69) is 10.2 Å². The number of aliphatic hydroxyl groups is 1. The van der Waals surface area contributed by atoms with Crippen LogP contribution in [0.25, 0.3) is 0 Å². The third kappa shape index (κ3) is 3.39. The Bertz CT molecular complexity index is 192. The van der Waals surface area contributed by atoms with Crippen molar-refractivity contribution in [3.63, 3.8) is 0 Å². The van der Waals surface area contributed by atoms with Crippen LogP contribution in [-0.4, -0.2) is 61.9 Å². The monoisotopic (exact) mass is 216 g/mol. The molecular weight excluding hydrogens is 196 g/mol. The second-order valence-electron chi connectivity index (χ2n) is 4.03. The van der Waals surface area contributed by atoms with Crippen LogP contribution in [0.1, 0.15) is 12.8 Å². The van der Waals surface area contributed by atoms with E-state index >= 15 is 0 Å². The molecule has 2 N–H and O–H groups in total. The number of epoxide rings is 1. The van der Waals surface area contributed by atoms with Crippen LogP contribution in [0.2, 0.25) is 0 Å². The summed E-state index contributed by atoms with van der Waals surface area (Å²) in [6, 6.07) is 0. The Morgan fingerprint density at radius 3 is 3.20 bits per heavy atom. The van der Waals surface area contributed by atoms with E-state index in [0.29, 0.717) is 19.4 Å². The number of fused-ring (bicyclic) bond motifs is 1. The smallest absolute Gasteiger partial charge is 0.139 e. The van der Waals surface area contributed by atoms with E-state index in [1.165, 1.54) is 0 Å². The predicted molar refractivity (Wildman–Crippen MR) is 55.4 cm³/mol. The molecule has 2 aliphatic rings. The van der Waals surface area contributed by atoms with Crippen LogP contribution in [0.5, 0.6) is 0 Å². The zero-order valence-corrected chi connectivity index (χ0v) is 9.02. The van der Waals surface area contributed by atoms with E-state index in [0.717, 1.165) is 32.5 Å². The van der Waals surface area contributed by atoms with E-state index < -0.39 is 0 Å². The normalized spacial score (nSPS) is 31.8. The van der Waals surface area contributed by atoms with Crippen LogP contribution in [0.15, 0.2) is 0 Å². The summed E-state index contributed by atoms with van der Waals surface area (Å²) in [5, 5.41) is 11.8. The first-order valence-corrected chi connectivity index (χ1v) is 5.70. The van der Waals surface area contributed by atoms with Gasteiger partial charge in [-0.25, -0.2) is 0 Å². The molecule has 88 valence electrons. The van der Waals surface area contributed by atoms with Gasteiger partial charge in [0.2, 0.25) is 0 Å². The van der Waals surface area contributed by atoms with Crippen LogP contribution >= 0.6 is 0 Å². The number of aliphatic hydroxyl groups excluding tert-OH is 1. The van der Waals surface area contributed by atoms with Crippen molar-refractivity contribution < 1.29 is 14.6 Å². The molecule has 0 aromatic heterocycles. The van der Waals surface area contributed by atoms with E-state index in [1.807, 2.05) is 0 Å². The van der Waals surface area contributed by atoms with E-state index in [4.69, 9.17) is 14.6 Å². The van der Waals surface area contributed by atoms with Crippen molar-refractivity contribution in [1.29, 1.82) is 0 Å². The first-order valence-electron chi connectivity index (χ1n) is 5.70. The summed E-state index contributed by atoms with van der Waals surface area (Å²) in [4.78, 5) is 2.22. The number of nitrogens with one attached hydrogen (secondary N) is 1. The van der Waals surface area contributed by atoms with Crippen molar-refractivity contribution in [2.45, 2.75) is 25.2 Å². The zero-order valence-electron chi connectivity index (χ0n) is 9.02. The van der Waals surface area contributed by atoms with Gasteiger partial charge < -0.3 is 19.9 Å². The SMILES string of the molecule is OCCNCCN1COCCCC2OC21. The van der Waals surface area contributed by atoms with E-state index in [9.17, 15) is 0 Å². The molecule has 2 rings (SSSR count). The Morgan fingerprint density at radius 1 is 1.40 bits per heavy atom.